The van der Waals surface area contributed by atoms with Crippen molar-refractivity contribution in [3.63, 3.8) is 0 Å². The molecule has 3 aliphatic rings. The van der Waals surface area contributed by atoms with E-state index in [4.69, 9.17) is 4.84 Å². The van der Waals surface area contributed by atoms with Gasteiger partial charge in [-0.2, -0.15) is 0 Å². The minimum Gasteiger partial charge on any atom is -0.503 e. The number of nitrogens with one attached hydrogen (secondary N) is 1. The number of amides is 3. The Bertz CT molecular complexity index is 1990. The van der Waals surface area contributed by atoms with Crippen LogP contribution in [0.1, 0.15) is 69.8 Å². The summed E-state index contributed by atoms with van der Waals surface area (Å²) >= 11 is 1.51. The average Bonchev–Trinajstić information content (AvgIpc) is 3.57. The Balaban J connectivity index is 1.24. The van der Waals surface area contributed by atoms with Crippen LogP contribution in [0.3, 0.4) is 0 Å². The molecule has 0 saturated carbocycles. The van der Waals surface area contributed by atoms with Gasteiger partial charge in [0.05, 0.1) is 34.7 Å². The molecule has 1 spiro atoms. The number of halogens is 2. The Morgan fingerprint density at radius 3 is 2.72 bits per heavy atom. The highest BCUT2D eigenvalue weighted by atomic mass is 32.1. The second kappa shape index (κ2) is 11.0. The first-order valence-electron chi connectivity index (χ1n) is 14.8. The number of aromatic nitrogens is 2. The molecule has 14 heteroatoms. The maximum absolute atomic E-state index is 14.4. The molecular formula is C32H29F2N5O6S. The summed E-state index contributed by atoms with van der Waals surface area (Å²) in [6.07, 6.45) is 1.98. The quantitative estimate of drug-likeness (QED) is 0.334. The van der Waals surface area contributed by atoms with Gasteiger partial charge in [-0.25, -0.2) is 18.8 Å². The number of carbonyl (C=O) groups excluding carboxylic acids is 3. The largest absolute Gasteiger partial charge is 0.503 e. The number of nitrogens with zero attached hydrogens (tertiary/aromatic N) is 4. The molecule has 4 aromatic rings. The number of rotatable bonds is 5. The van der Waals surface area contributed by atoms with Crippen LogP contribution < -0.4 is 10.7 Å². The Hall–Kier alpha value is -4.69. The van der Waals surface area contributed by atoms with Gasteiger partial charge in [0.25, 0.3) is 11.8 Å². The van der Waals surface area contributed by atoms with Gasteiger partial charge in [0, 0.05) is 30.9 Å². The van der Waals surface area contributed by atoms with Crippen molar-refractivity contribution in [1.29, 1.82) is 0 Å². The number of fused-ring (bicyclic) bond motifs is 6. The van der Waals surface area contributed by atoms with Gasteiger partial charge in [-0.15, -0.1) is 11.3 Å². The third-order valence-corrected chi connectivity index (χ3v) is 10.0. The zero-order valence-electron chi connectivity index (χ0n) is 24.9. The summed E-state index contributed by atoms with van der Waals surface area (Å²) in [5.41, 5.74) is 0.222. The second-order valence-electron chi connectivity index (χ2n) is 12.1. The molecule has 5 heterocycles. The van der Waals surface area contributed by atoms with Crippen molar-refractivity contribution in [3.8, 4) is 5.75 Å². The SMILES string of the molecule is Cc1cc(F)c(CNC(=O)c2cn3c(c(O)c2=O)C(=O)N2C[C@@H]3[C@]3(CC[C@@H]2C)CC(=O)N(Cc2ccc4scnc4c2)O3)c(F)c1. The molecular weight excluding hydrogens is 620 g/mol. The van der Waals surface area contributed by atoms with Crippen LogP contribution in [0.15, 0.2) is 46.8 Å². The molecule has 11 nitrogen and oxygen atoms in total. The lowest BCUT2D eigenvalue weighted by atomic mass is 9.85. The number of pyridine rings is 1. The maximum atomic E-state index is 14.4. The van der Waals surface area contributed by atoms with Gasteiger partial charge in [-0.1, -0.05) is 6.07 Å². The van der Waals surface area contributed by atoms with E-state index in [9.17, 15) is 33.1 Å². The number of aryl methyl sites for hydroxylation is 1. The number of hydroxylamine groups is 2. The van der Waals surface area contributed by atoms with Crippen molar-refractivity contribution >= 4 is 39.3 Å². The van der Waals surface area contributed by atoms with Gasteiger partial charge >= 0.3 is 0 Å². The fraction of sp³-hybridized carbons (Fsp3) is 0.344. The highest BCUT2D eigenvalue weighted by Crippen LogP contribution is 2.47. The molecule has 2 fully saturated rings. The molecule has 0 aliphatic carbocycles. The normalized spacial score (nSPS) is 22.4. The molecule has 2 N–H and O–H groups in total. The summed E-state index contributed by atoms with van der Waals surface area (Å²) in [6.45, 7) is 3.07. The first-order chi connectivity index (χ1) is 22.0. The summed E-state index contributed by atoms with van der Waals surface area (Å²) in [4.78, 5) is 66.0. The number of carbonyl (C=O) groups is 3. The van der Waals surface area contributed by atoms with Crippen LogP contribution in [0.4, 0.5) is 8.78 Å². The highest BCUT2D eigenvalue weighted by molar-refractivity contribution is 7.16. The zero-order chi connectivity index (χ0) is 32.5. The van der Waals surface area contributed by atoms with E-state index in [1.807, 2.05) is 25.1 Å². The summed E-state index contributed by atoms with van der Waals surface area (Å²) in [7, 11) is 0. The molecule has 7 rings (SSSR count). The van der Waals surface area contributed by atoms with E-state index in [0.717, 1.165) is 27.9 Å². The summed E-state index contributed by atoms with van der Waals surface area (Å²) in [5.74, 6) is -4.51. The van der Waals surface area contributed by atoms with Crippen LogP contribution in [0.25, 0.3) is 10.2 Å². The maximum Gasteiger partial charge on any atom is 0.274 e. The number of aromatic hydroxyl groups is 1. The summed E-state index contributed by atoms with van der Waals surface area (Å²) in [6, 6.07) is 6.91. The van der Waals surface area contributed by atoms with Crippen LogP contribution in [0.5, 0.6) is 5.75 Å². The summed E-state index contributed by atoms with van der Waals surface area (Å²) < 4.78 is 31.2. The molecule has 0 unspecified atom stereocenters. The van der Waals surface area contributed by atoms with E-state index in [1.165, 1.54) is 34.1 Å². The van der Waals surface area contributed by atoms with Gasteiger partial charge in [-0.05, 0) is 62.1 Å². The van der Waals surface area contributed by atoms with E-state index in [2.05, 4.69) is 10.3 Å². The Kier molecular flexibility index (Phi) is 7.16. The smallest absolute Gasteiger partial charge is 0.274 e. The molecule has 2 aromatic heterocycles. The lowest BCUT2D eigenvalue weighted by molar-refractivity contribution is -0.218. The standard InChI is InChI=1S/C32H29F2N5O6S/c1-16-7-21(33)19(22(34)8-16)11-35-30(43)20-13-38-25-14-37(31(44)27(38)29(42)28(20)41)17(2)5-6-32(25)10-26(40)39(45-32)12-18-3-4-24-23(9-18)36-15-46-24/h3-4,7-9,13,15,17,25,42H,5-6,10-12,14H2,1-2H3,(H,35,43)/t17-,25+,32-/m0/s1. The predicted molar refractivity (Wildman–Crippen MR) is 162 cm³/mol. The van der Waals surface area contributed by atoms with Gasteiger partial charge in [0.2, 0.25) is 11.3 Å². The van der Waals surface area contributed by atoms with Gasteiger partial charge in [-0.3, -0.25) is 24.0 Å². The van der Waals surface area contributed by atoms with Crippen molar-refractivity contribution in [2.45, 2.75) is 63.9 Å². The molecule has 2 aromatic carbocycles. The molecule has 3 atom stereocenters. The zero-order valence-corrected chi connectivity index (χ0v) is 25.7. The van der Waals surface area contributed by atoms with E-state index in [1.54, 1.807) is 10.4 Å². The highest BCUT2D eigenvalue weighted by Gasteiger charge is 2.56. The van der Waals surface area contributed by atoms with Crippen molar-refractivity contribution in [2.24, 2.45) is 0 Å². The monoisotopic (exact) mass is 649 g/mol. The van der Waals surface area contributed by atoms with Crippen LogP contribution in [0.2, 0.25) is 0 Å². The number of benzene rings is 2. The van der Waals surface area contributed by atoms with Crippen LogP contribution >= 0.6 is 11.3 Å². The van der Waals surface area contributed by atoms with E-state index in [0.29, 0.717) is 18.4 Å². The number of hydrogen-bond acceptors (Lipinski definition) is 8. The van der Waals surface area contributed by atoms with E-state index >= 15 is 0 Å². The van der Waals surface area contributed by atoms with Crippen molar-refractivity contribution < 1.29 is 33.1 Å². The van der Waals surface area contributed by atoms with Crippen molar-refractivity contribution in [3.05, 3.63) is 91.8 Å². The molecule has 2 saturated heterocycles. The molecule has 46 heavy (non-hydrogen) atoms. The van der Waals surface area contributed by atoms with Crippen LogP contribution in [-0.2, 0) is 22.7 Å². The van der Waals surface area contributed by atoms with E-state index in [-0.39, 0.29) is 37.2 Å². The minimum atomic E-state index is -1.16. The van der Waals surface area contributed by atoms with Crippen LogP contribution in [-0.4, -0.2) is 60.5 Å². The number of thiazole rings is 1. The minimum absolute atomic E-state index is 0.0365. The number of hydrogen-bond donors (Lipinski definition) is 2. The average molecular weight is 650 g/mol. The predicted octanol–water partition coefficient (Wildman–Crippen LogP) is 3.96. The lowest BCUT2D eigenvalue weighted by Crippen LogP contribution is -2.52. The van der Waals surface area contributed by atoms with Crippen molar-refractivity contribution in [2.75, 3.05) is 6.54 Å². The molecule has 3 amide bonds. The fourth-order valence-electron chi connectivity index (χ4n) is 6.72. The first-order valence-corrected chi connectivity index (χ1v) is 15.7. The molecule has 238 valence electrons. The fourth-order valence-corrected chi connectivity index (χ4v) is 7.38. The Morgan fingerprint density at radius 2 is 1.96 bits per heavy atom. The third-order valence-electron chi connectivity index (χ3n) is 9.20. The topological polar surface area (TPSA) is 134 Å². The molecule has 2 bridgehead atoms. The Labute approximate surface area is 265 Å². The molecule has 0 radical (unpaired) electrons. The van der Waals surface area contributed by atoms with E-state index < -0.39 is 63.9 Å². The second-order valence-corrected chi connectivity index (χ2v) is 13.0. The van der Waals surface area contributed by atoms with Crippen LogP contribution in [0, 0.1) is 18.6 Å². The third kappa shape index (κ3) is 4.83. The summed E-state index contributed by atoms with van der Waals surface area (Å²) in [5, 5.41) is 14.7. The molecule has 3 aliphatic heterocycles. The Morgan fingerprint density at radius 1 is 1.20 bits per heavy atom. The lowest BCUT2D eigenvalue weighted by Gasteiger charge is -2.42. The van der Waals surface area contributed by atoms with Gasteiger partial charge in [0.1, 0.15) is 22.8 Å². The van der Waals surface area contributed by atoms with Crippen molar-refractivity contribution in [1.82, 2.24) is 24.8 Å². The van der Waals surface area contributed by atoms with Gasteiger partial charge in [0.15, 0.2) is 11.4 Å². The van der Waals surface area contributed by atoms with Gasteiger partial charge < -0.3 is 19.9 Å². The first kappa shape index (κ1) is 30.0.